The molecule has 2 aromatic carbocycles. The second-order valence-corrected chi connectivity index (χ2v) is 5.38. The smallest absolute Gasteiger partial charge is 0.248 e. The largest absolute Gasteiger partial charge is 0.457 e. The average molecular weight is 349 g/mol. The summed E-state index contributed by atoms with van der Waals surface area (Å²) in [5.41, 5.74) is 6.84. The third-order valence-corrected chi connectivity index (χ3v) is 3.70. The van der Waals surface area contributed by atoms with Crippen LogP contribution in [0.3, 0.4) is 0 Å². The fourth-order valence-electron chi connectivity index (χ4n) is 1.82. The van der Waals surface area contributed by atoms with Crippen molar-refractivity contribution in [1.82, 2.24) is 5.32 Å². The number of hydrogen-bond acceptors (Lipinski definition) is 3. The third-order valence-electron chi connectivity index (χ3n) is 2.96. The molecule has 0 heterocycles. The Morgan fingerprint density at radius 2 is 1.86 bits per heavy atom. The van der Waals surface area contributed by atoms with Crippen LogP contribution in [0.4, 0.5) is 0 Å². The number of benzene rings is 2. The quantitative estimate of drug-likeness (QED) is 0.840. The van der Waals surface area contributed by atoms with E-state index in [-0.39, 0.29) is 0 Å². The monoisotopic (exact) mass is 348 g/mol. The van der Waals surface area contributed by atoms with E-state index in [1.807, 2.05) is 18.2 Å². The van der Waals surface area contributed by atoms with Crippen LogP contribution in [0.5, 0.6) is 11.5 Å². The molecule has 2 rings (SSSR count). The highest BCUT2D eigenvalue weighted by Crippen LogP contribution is 2.27. The van der Waals surface area contributed by atoms with Crippen LogP contribution in [0, 0.1) is 0 Å². The SMILES string of the molecule is CCNCc1ccc(Oc2ccc(C(N)=O)cc2)cc1Br. The summed E-state index contributed by atoms with van der Waals surface area (Å²) in [5.74, 6) is 0.942. The summed E-state index contributed by atoms with van der Waals surface area (Å²) < 4.78 is 6.75. The highest BCUT2D eigenvalue weighted by molar-refractivity contribution is 9.10. The van der Waals surface area contributed by atoms with E-state index in [0.29, 0.717) is 11.3 Å². The first-order valence-corrected chi connectivity index (χ1v) is 7.46. The lowest BCUT2D eigenvalue weighted by molar-refractivity contribution is 0.100. The van der Waals surface area contributed by atoms with E-state index in [1.165, 1.54) is 5.56 Å². The van der Waals surface area contributed by atoms with E-state index < -0.39 is 5.91 Å². The number of carbonyl (C=O) groups excluding carboxylic acids is 1. The molecule has 0 bridgehead atoms. The average Bonchev–Trinajstić information content (AvgIpc) is 2.47. The van der Waals surface area contributed by atoms with E-state index in [2.05, 4.69) is 28.2 Å². The summed E-state index contributed by atoms with van der Waals surface area (Å²) in [6, 6.07) is 12.6. The second kappa shape index (κ2) is 7.24. The second-order valence-electron chi connectivity index (χ2n) is 4.52. The van der Waals surface area contributed by atoms with Gasteiger partial charge in [0.1, 0.15) is 11.5 Å². The number of nitrogens with one attached hydrogen (secondary N) is 1. The molecule has 3 N–H and O–H groups in total. The molecule has 0 unspecified atom stereocenters. The molecule has 0 aliphatic rings. The fraction of sp³-hybridized carbons (Fsp3) is 0.188. The summed E-state index contributed by atoms with van der Waals surface area (Å²) >= 11 is 3.54. The normalized spacial score (nSPS) is 10.4. The topological polar surface area (TPSA) is 64.3 Å². The maximum Gasteiger partial charge on any atom is 0.248 e. The Morgan fingerprint density at radius 1 is 1.19 bits per heavy atom. The van der Waals surface area contributed by atoms with Gasteiger partial charge in [-0.3, -0.25) is 4.79 Å². The van der Waals surface area contributed by atoms with Gasteiger partial charge >= 0.3 is 0 Å². The van der Waals surface area contributed by atoms with Crippen molar-refractivity contribution in [1.29, 1.82) is 0 Å². The molecular formula is C16H17BrN2O2. The van der Waals surface area contributed by atoms with Crippen molar-refractivity contribution in [2.24, 2.45) is 5.73 Å². The molecule has 2 aromatic rings. The van der Waals surface area contributed by atoms with Gasteiger partial charge in [-0.2, -0.15) is 0 Å². The van der Waals surface area contributed by atoms with E-state index in [0.717, 1.165) is 23.3 Å². The Balaban J connectivity index is 2.09. The van der Waals surface area contributed by atoms with E-state index in [4.69, 9.17) is 10.5 Å². The van der Waals surface area contributed by atoms with Crippen molar-refractivity contribution in [2.45, 2.75) is 13.5 Å². The molecule has 0 radical (unpaired) electrons. The molecule has 5 heteroatoms. The molecule has 21 heavy (non-hydrogen) atoms. The van der Waals surface area contributed by atoms with Gasteiger partial charge in [0.05, 0.1) is 0 Å². The Morgan fingerprint density at radius 3 is 2.43 bits per heavy atom. The van der Waals surface area contributed by atoms with Gasteiger partial charge in [0, 0.05) is 16.6 Å². The van der Waals surface area contributed by atoms with Crippen LogP contribution in [0.2, 0.25) is 0 Å². The Kier molecular flexibility index (Phi) is 5.36. The van der Waals surface area contributed by atoms with Gasteiger partial charge in [-0.15, -0.1) is 0 Å². The van der Waals surface area contributed by atoms with E-state index >= 15 is 0 Å². The first kappa shape index (κ1) is 15.5. The van der Waals surface area contributed by atoms with Crippen LogP contribution in [-0.4, -0.2) is 12.5 Å². The maximum atomic E-state index is 11.0. The van der Waals surface area contributed by atoms with Gasteiger partial charge in [-0.25, -0.2) is 0 Å². The molecule has 4 nitrogen and oxygen atoms in total. The van der Waals surface area contributed by atoms with E-state index in [1.54, 1.807) is 24.3 Å². The maximum absolute atomic E-state index is 11.0. The van der Waals surface area contributed by atoms with Crippen LogP contribution in [0.1, 0.15) is 22.8 Å². The number of nitrogens with two attached hydrogens (primary N) is 1. The first-order valence-electron chi connectivity index (χ1n) is 6.67. The molecule has 0 fully saturated rings. The summed E-state index contributed by atoms with van der Waals surface area (Å²) in [6.07, 6.45) is 0. The minimum absolute atomic E-state index is 0.447. The van der Waals surface area contributed by atoms with Gasteiger partial charge in [0.25, 0.3) is 0 Å². The van der Waals surface area contributed by atoms with Gasteiger partial charge in [-0.1, -0.05) is 28.9 Å². The summed E-state index contributed by atoms with van der Waals surface area (Å²) in [4.78, 5) is 11.0. The molecule has 0 aliphatic heterocycles. The molecule has 0 atom stereocenters. The molecule has 0 aliphatic carbocycles. The molecule has 0 saturated carbocycles. The lowest BCUT2D eigenvalue weighted by Crippen LogP contribution is -2.12. The summed E-state index contributed by atoms with van der Waals surface area (Å²) in [6.45, 7) is 3.81. The van der Waals surface area contributed by atoms with Gasteiger partial charge in [-0.05, 0) is 48.5 Å². The lowest BCUT2D eigenvalue weighted by Gasteiger charge is -2.09. The van der Waals surface area contributed by atoms with Crippen LogP contribution < -0.4 is 15.8 Å². The van der Waals surface area contributed by atoms with Gasteiger partial charge < -0.3 is 15.8 Å². The molecule has 110 valence electrons. The van der Waals surface area contributed by atoms with Crippen molar-refractivity contribution >= 4 is 21.8 Å². The molecule has 0 spiro atoms. The minimum atomic E-state index is -0.447. The van der Waals surface area contributed by atoms with E-state index in [9.17, 15) is 4.79 Å². The summed E-state index contributed by atoms with van der Waals surface area (Å²) in [7, 11) is 0. The minimum Gasteiger partial charge on any atom is -0.457 e. The number of carbonyl (C=O) groups is 1. The molecule has 0 aromatic heterocycles. The number of halogens is 1. The van der Waals surface area contributed by atoms with Crippen molar-refractivity contribution < 1.29 is 9.53 Å². The van der Waals surface area contributed by atoms with Gasteiger partial charge in [0.2, 0.25) is 5.91 Å². The number of ether oxygens (including phenoxy) is 1. The molecular weight excluding hydrogens is 332 g/mol. The lowest BCUT2D eigenvalue weighted by atomic mass is 10.2. The first-order chi connectivity index (χ1) is 10.1. The zero-order valence-corrected chi connectivity index (χ0v) is 13.3. The zero-order valence-electron chi connectivity index (χ0n) is 11.7. The highest BCUT2D eigenvalue weighted by atomic mass is 79.9. The van der Waals surface area contributed by atoms with Crippen molar-refractivity contribution in [3.8, 4) is 11.5 Å². The van der Waals surface area contributed by atoms with Gasteiger partial charge in [0.15, 0.2) is 0 Å². The van der Waals surface area contributed by atoms with Crippen molar-refractivity contribution in [3.63, 3.8) is 0 Å². The Hall–Kier alpha value is -1.85. The number of amides is 1. The fourth-order valence-corrected chi connectivity index (χ4v) is 2.32. The highest BCUT2D eigenvalue weighted by Gasteiger charge is 2.04. The predicted molar refractivity (Wildman–Crippen MR) is 86.6 cm³/mol. The van der Waals surface area contributed by atoms with Crippen molar-refractivity contribution in [3.05, 3.63) is 58.1 Å². The van der Waals surface area contributed by atoms with Crippen LogP contribution in [0.25, 0.3) is 0 Å². The van der Waals surface area contributed by atoms with Crippen LogP contribution in [0.15, 0.2) is 46.9 Å². The number of rotatable bonds is 6. The van der Waals surface area contributed by atoms with Crippen molar-refractivity contribution in [2.75, 3.05) is 6.54 Å². The Bertz CT molecular complexity index is 627. The van der Waals surface area contributed by atoms with Crippen LogP contribution >= 0.6 is 15.9 Å². The summed E-state index contributed by atoms with van der Waals surface area (Å²) in [5, 5.41) is 3.28. The predicted octanol–water partition coefficient (Wildman–Crippen LogP) is 3.45. The third kappa shape index (κ3) is 4.31. The standard InChI is InChI=1S/C16H17BrN2O2/c1-2-19-10-12-5-8-14(9-15(12)17)21-13-6-3-11(4-7-13)16(18)20/h3-9,19H,2,10H2,1H3,(H2,18,20). The Labute approximate surface area is 132 Å². The number of hydrogen-bond donors (Lipinski definition) is 2. The van der Waals surface area contributed by atoms with Crippen LogP contribution in [-0.2, 0) is 6.54 Å². The number of primary amides is 1. The molecule has 1 amide bonds. The molecule has 0 saturated heterocycles. The zero-order chi connectivity index (χ0) is 15.2.